The standard InChI is InChI=1S/C12H21N3OS/c1-4-10-11(13-5-2)14-9-15-12(10)17-8-6-7-16-3/h9H,4-8H2,1-3H3,(H,13,14,15). The molecule has 0 saturated carbocycles. The first kappa shape index (κ1) is 14.3. The van der Waals surface area contributed by atoms with E-state index in [2.05, 4.69) is 29.1 Å². The summed E-state index contributed by atoms with van der Waals surface area (Å²) in [6, 6.07) is 0. The largest absolute Gasteiger partial charge is 0.385 e. The van der Waals surface area contributed by atoms with Crippen LogP contribution in [0.3, 0.4) is 0 Å². The number of aromatic nitrogens is 2. The Morgan fingerprint density at radius 1 is 1.35 bits per heavy atom. The molecule has 1 aromatic rings. The first-order chi connectivity index (χ1) is 8.33. The van der Waals surface area contributed by atoms with E-state index in [1.807, 2.05) is 0 Å². The van der Waals surface area contributed by atoms with E-state index in [4.69, 9.17) is 4.74 Å². The lowest BCUT2D eigenvalue weighted by molar-refractivity contribution is 0.200. The number of nitrogens with one attached hydrogen (secondary N) is 1. The maximum absolute atomic E-state index is 5.04. The Hall–Kier alpha value is -0.810. The van der Waals surface area contributed by atoms with E-state index < -0.39 is 0 Å². The average molecular weight is 255 g/mol. The molecule has 1 aromatic heterocycles. The molecule has 4 nitrogen and oxygen atoms in total. The van der Waals surface area contributed by atoms with Crippen molar-refractivity contribution in [2.75, 3.05) is 31.3 Å². The second kappa shape index (κ2) is 8.31. The number of nitrogens with zero attached hydrogens (tertiary/aromatic N) is 2. The van der Waals surface area contributed by atoms with Crippen LogP contribution < -0.4 is 5.32 Å². The second-order valence-corrected chi connectivity index (χ2v) is 4.67. The predicted molar refractivity (Wildman–Crippen MR) is 72.8 cm³/mol. The van der Waals surface area contributed by atoms with Gasteiger partial charge in [0.15, 0.2) is 0 Å². The molecule has 0 fully saturated rings. The van der Waals surface area contributed by atoms with Gasteiger partial charge in [-0.15, -0.1) is 11.8 Å². The van der Waals surface area contributed by atoms with Crippen LogP contribution in [-0.2, 0) is 11.2 Å². The third-order valence-electron chi connectivity index (χ3n) is 2.34. The monoisotopic (exact) mass is 255 g/mol. The van der Waals surface area contributed by atoms with Gasteiger partial charge in [0.25, 0.3) is 0 Å². The van der Waals surface area contributed by atoms with E-state index in [0.717, 1.165) is 42.6 Å². The number of thioether (sulfide) groups is 1. The molecular weight excluding hydrogens is 234 g/mol. The number of methoxy groups -OCH3 is 1. The molecule has 0 aromatic carbocycles. The van der Waals surface area contributed by atoms with E-state index in [1.54, 1.807) is 25.2 Å². The lowest BCUT2D eigenvalue weighted by atomic mass is 10.2. The Morgan fingerprint density at radius 2 is 2.18 bits per heavy atom. The lowest BCUT2D eigenvalue weighted by Gasteiger charge is -2.11. The molecule has 0 aliphatic rings. The van der Waals surface area contributed by atoms with E-state index in [9.17, 15) is 0 Å². The molecule has 96 valence electrons. The van der Waals surface area contributed by atoms with Gasteiger partial charge in [-0.1, -0.05) is 6.92 Å². The molecule has 0 radical (unpaired) electrons. The summed E-state index contributed by atoms with van der Waals surface area (Å²) in [7, 11) is 1.73. The Bertz CT molecular complexity index is 334. The van der Waals surface area contributed by atoms with Crippen molar-refractivity contribution in [2.24, 2.45) is 0 Å². The third-order valence-corrected chi connectivity index (χ3v) is 3.45. The summed E-state index contributed by atoms with van der Waals surface area (Å²) in [6.07, 6.45) is 3.64. The summed E-state index contributed by atoms with van der Waals surface area (Å²) < 4.78 is 5.04. The van der Waals surface area contributed by atoms with Gasteiger partial charge in [-0.25, -0.2) is 9.97 Å². The maximum atomic E-state index is 5.04. The first-order valence-corrected chi connectivity index (χ1v) is 7.01. The van der Waals surface area contributed by atoms with Crippen LogP contribution in [0.5, 0.6) is 0 Å². The molecule has 0 aliphatic heterocycles. The molecule has 0 atom stereocenters. The Balaban J connectivity index is 2.66. The molecular formula is C12H21N3OS. The highest BCUT2D eigenvalue weighted by Gasteiger charge is 2.09. The number of hydrogen-bond acceptors (Lipinski definition) is 5. The SMILES string of the molecule is CCNc1ncnc(SCCCOC)c1CC. The van der Waals surface area contributed by atoms with Crippen LogP contribution in [0, 0.1) is 0 Å². The molecule has 1 heterocycles. The van der Waals surface area contributed by atoms with E-state index in [0.29, 0.717) is 0 Å². The Kier molecular flexibility index (Phi) is 6.96. The van der Waals surface area contributed by atoms with Crippen LogP contribution in [0.15, 0.2) is 11.4 Å². The Morgan fingerprint density at radius 3 is 2.82 bits per heavy atom. The van der Waals surface area contributed by atoms with Crippen LogP contribution in [0.25, 0.3) is 0 Å². The summed E-state index contributed by atoms with van der Waals surface area (Å²) in [5.74, 6) is 2.00. The molecule has 5 heteroatoms. The van der Waals surface area contributed by atoms with Crippen molar-refractivity contribution in [1.82, 2.24) is 9.97 Å². The lowest BCUT2D eigenvalue weighted by Crippen LogP contribution is -2.05. The molecule has 0 amide bonds. The van der Waals surface area contributed by atoms with E-state index in [-0.39, 0.29) is 0 Å². The minimum Gasteiger partial charge on any atom is -0.385 e. The van der Waals surface area contributed by atoms with Crippen LogP contribution in [0.1, 0.15) is 25.8 Å². The smallest absolute Gasteiger partial charge is 0.133 e. The minimum absolute atomic E-state index is 0.805. The van der Waals surface area contributed by atoms with Crippen molar-refractivity contribution in [3.05, 3.63) is 11.9 Å². The summed E-state index contributed by atoms with van der Waals surface area (Å²) in [5, 5.41) is 4.37. The van der Waals surface area contributed by atoms with Gasteiger partial charge in [0.2, 0.25) is 0 Å². The fraction of sp³-hybridized carbons (Fsp3) is 0.667. The van der Waals surface area contributed by atoms with E-state index >= 15 is 0 Å². The molecule has 0 bridgehead atoms. The van der Waals surface area contributed by atoms with Gasteiger partial charge in [-0.3, -0.25) is 0 Å². The average Bonchev–Trinajstić information content (AvgIpc) is 2.35. The van der Waals surface area contributed by atoms with Gasteiger partial charge in [-0.2, -0.15) is 0 Å². The highest BCUT2D eigenvalue weighted by atomic mass is 32.2. The first-order valence-electron chi connectivity index (χ1n) is 6.02. The topological polar surface area (TPSA) is 47.0 Å². The van der Waals surface area contributed by atoms with Crippen molar-refractivity contribution in [2.45, 2.75) is 31.7 Å². The molecule has 1 rings (SSSR count). The van der Waals surface area contributed by atoms with Gasteiger partial charge in [0.05, 0.1) is 0 Å². The van der Waals surface area contributed by atoms with Gasteiger partial charge < -0.3 is 10.1 Å². The van der Waals surface area contributed by atoms with Crippen molar-refractivity contribution in [3.63, 3.8) is 0 Å². The van der Waals surface area contributed by atoms with Crippen LogP contribution in [-0.4, -0.2) is 36.0 Å². The number of hydrogen-bond donors (Lipinski definition) is 1. The molecule has 17 heavy (non-hydrogen) atoms. The van der Waals surface area contributed by atoms with Crippen molar-refractivity contribution in [3.8, 4) is 0 Å². The normalized spacial score (nSPS) is 10.5. The highest BCUT2D eigenvalue weighted by molar-refractivity contribution is 7.99. The molecule has 0 unspecified atom stereocenters. The van der Waals surface area contributed by atoms with Crippen LogP contribution in [0.2, 0.25) is 0 Å². The summed E-state index contributed by atoms with van der Waals surface area (Å²) in [5.41, 5.74) is 1.22. The summed E-state index contributed by atoms with van der Waals surface area (Å²) in [4.78, 5) is 8.65. The fourth-order valence-corrected chi connectivity index (χ4v) is 2.52. The van der Waals surface area contributed by atoms with Crippen LogP contribution >= 0.6 is 11.8 Å². The molecule has 1 N–H and O–H groups in total. The minimum atomic E-state index is 0.805. The number of ether oxygens (including phenoxy) is 1. The molecule has 0 saturated heterocycles. The fourth-order valence-electron chi connectivity index (χ4n) is 1.53. The summed E-state index contributed by atoms with van der Waals surface area (Å²) in [6.45, 7) is 5.91. The second-order valence-electron chi connectivity index (χ2n) is 3.58. The van der Waals surface area contributed by atoms with Crippen molar-refractivity contribution in [1.29, 1.82) is 0 Å². The predicted octanol–water partition coefficient (Wildman–Crippen LogP) is 2.60. The van der Waals surface area contributed by atoms with Gasteiger partial charge in [0, 0.05) is 31.6 Å². The van der Waals surface area contributed by atoms with Gasteiger partial charge in [0.1, 0.15) is 17.2 Å². The zero-order valence-electron chi connectivity index (χ0n) is 10.8. The van der Waals surface area contributed by atoms with E-state index in [1.165, 1.54) is 5.56 Å². The maximum Gasteiger partial charge on any atom is 0.133 e. The third kappa shape index (κ3) is 4.52. The number of rotatable bonds is 8. The quantitative estimate of drug-likeness (QED) is 0.439. The van der Waals surface area contributed by atoms with Crippen molar-refractivity contribution < 1.29 is 4.74 Å². The Labute approximate surface area is 108 Å². The molecule has 0 aliphatic carbocycles. The zero-order chi connectivity index (χ0) is 12.5. The highest BCUT2D eigenvalue weighted by Crippen LogP contribution is 2.25. The zero-order valence-corrected chi connectivity index (χ0v) is 11.6. The van der Waals surface area contributed by atoms with Gasteiger partial charge in [-0.05, 0) is 19.8 Å². The molecule has 0 spiro atoms. The van der Waals surface area contributed by atoms with Crippen LogP contribution in [0.4, 0.5) is 5.82 Å². The number of anilines is 1. The summed E-state index contributed by atoms with van der Waals surface area (Å²) >= 11 is 1.78. The van der Waals surface area contributed by atoms with Gasteiger partial charge >= 0.3 is 0 Å². The van der Waals surface area contributed by atoms with Crippen molar-refractivity contribution >= 4 is 17.6 Å².